The van der Waals surface area contributed by atoms with E-state index in [1.807, 2.05) is 25.1 Å². The molecule has 4 rings (SSSR count). The third kappa shape index (κ3) is 5.94. The van der Waals surface area contributed by atoms with Gasteiger partial charge in [0.15, 0.2) is 0 Å². The van der Waals surface area contributed by atoms with Crippen LogP contribution in [-0.2, 0) is 20.7 Å². The Morgan fingerprint density at radius 2 is 1.91 bits per heavy atom. The van der Waals surface area contributed by atoms with Gasteiger partial charge in [-0.2, -0.15) is 0 Å². The zero-order chi connectivity index (χ0) is 23.2. The van der Waals surface area contributed by atoms with E-state index in [-0.39, 0.29) is 43.0 Å². The minimum Gasteiger partial charge on any atom is -0.497 e. The molecule has 0 aromatic heterocycles. The van der Waals surface area contributed by atoms with E-state index in [0.717, 1.165) is 49.0 Å². The molecule has 2 aromatic rings. The third-order valence-corrected chi connectivity index (χ3v) is 6.79. The van der Waals surface area contributed by atoms with Crippen LogP contribution in [0.5, 0.6) is 5.75 Å². The van der Waals surface area contributed by atoms with E-state index in [9.17, 15) is 9.90 Å². The lowest BCUT2D eigenvalue weighted by molar-refractivity contribution is -0.202. The van der Waals surface area contributed by atoms with E-state index in [1.54, 1.807) is 7.11 Å². The van der Waals surface area contributed by atoms with Gasteiger partial charge in [0.2, 0.25) is 5.91 Å². The minimum absolute atomic E-state index is 0.0306. The van der Waals surface area contributed by atoms with Gasteiger partial charge in [-0.05, 0) is 60.9 Å². The second kappa shape index (κ2) is 11.1. The van der Waals surface area contributed by atoms with Crippen molar-refractivity contribution in [1.82, 2.24) is 5.32 Å². The molecule has 2 aromatic carbocycles. The number of carbonyl (C=O) groups is 1. The van der Waals surface area contributed by atoms with Crippen LogP contribution in [0, 0.1) is 0 Å². The van der Waals surface area contributed by atoms with E-state index >= 15 is 0 Å². The maximum absolute atomic E-state index is 12.1. The SMILES string of the molecule is CCC(=O)N[C@@H]1C[C@@H]2O[C@@H](CO)CC[C@@H]2O[C@@H]1CCc1ccc(-c2cccc(OC)c2)cc1. The monoisotopic (exact) mass is 453 g/mol. The molecule has 178 valence electrons. The molecule has 1 amide bonds. The van der Waals surface area contributed by atoms with Crippen molar-refractivity contribution in [2.45, 2.75) is 75.9 Å². The lowest BCUT2D eigenvalue weighted by atomic mass is 9.88. The first-order valence-corrected chi connectivity index (χ1v) is 12.0. The van der Waals surface area contributed by atoms with Crippen LogP contribution in [0.25, 0.3) is 11.1 Å². The van der Waals surface area contributed by atoms with Crippen molar-refractivity contribution in [3.63, 3.8) is 0 Å². The van der Waals surface area contributed by atoms with Crippen LogP contribution < -0.4 is 10.1 Å². The van der Waals surface area contributed by atoms with Gasteiger partial charge >= 0.3 is 0 Å². The van der Waals surface area contributed by atoms with Gasteiger partial charge in [0.1, 0.15) is 5.75 Å². The van der Waals surface area contributed by atoms with Gasteiger partial charge in [-0.1, -0.05) is 43.3 Å². The Labute approximate surface area is 196 Å². The lowest BCUT2D eigenvalue weighted by Gasteiger charge is -2.45. The van der Waals surface area contributed by atoms with Crippen molar-refractivity contribution < 1.29 is 24.1 Å². The summed E-state index contributed by atoms with van der Waals surface area (Å²) in [5.41, 5.74) is 3.52. The fourth-order valence-electron chi connectivity index (χ4n) is 4.86. The summed E-state index contributed by atoms with van der Waals surface area (Å²) in [5, 5.41) is 12.6. The first-order chi connectivity index (χ1) is 16.1. The first-order valence-electron chi connectivity index (χ1n) is 12.0. The summed E-state index contributed by atoms with van der Waals surface area (Å²) in [5.74, 6) is 0.880. The number of rotatable bonds is 8. The number of benzene rings is 2. The van der Waals surface area contributed by atoms with Gasteiger partial charge in [-0.15, -0.1) is 0 Å². The molecule has 0 spiro atoms. The van der Waals surface area contributed by atoms with E-state index in [4.69, 9.17) is 14.2 Å². The van der Waals surface area contributed by atoms with Crippen LogP contribution in [0.2, 0.25) is 0 Å². The molecule has 0 aliphatic carbocycles. The number of aliphatic hydroxyl groups excluding tert-OH is 1. The zero-order valence-electron chi connectivity index (χ0n) is 19.5. The highest BCUT2D eigenvalue weighted by atomic mass is 16.6. The lowest BCUT2D eigenvalue weighted by Crippen LogP contribution is -2.57. The zero-order valence-corrected chi connectivity index (χ0v) is 19.5. The van der Waals surface area contributed by atoms with Crippen LogP contribution in [-0.4, -0.2) is 55.2 Å². The molecule has 5 atom stereocenters. The molecule has 33 heavy (non-hydrogen) atoms. The van der Waals surface area contributed by atoms with Crippen molar-refractivity contribution in [1.29, 1.82) is 0 Å². The van der Waals surface area contributed by atoms with Gasteiger partial charge in [0.25, 0.3) is 0 Å². The predicted molar refractivity (Wildman–Crippen MR) is 127 cm³/mol. The topological polar surface area (TPSA) is 77.0 Å². The molecular formula is C27H35NO5. The fraction of sp³-hybridized carbons (Fsp3) is 0.519. The van der Waals surface area contributed by atoms with Crippen molar-refractivity contribution in [2.24, 2.45) is 0 Å². The van der Waals surface area contributed by atoms with Gasteiger partial charge in [-0.25, -0.2) is 0 Å². The third-order valence-electron chi connectivity index (χ3n) is 6.79. The van der Waals surface area contributed by atoms with Crippen LogP contribution in [0.4, 0.5) is 0 Å². The van der Waals surface area contributed by atoms with Crippen molar-refractivity contribution in [3.8, 4) is 16.9 Å². The number of fused-ring (bicyclic) bond motifs is 1. The summed E-state index contributed by atoms with van der Waals surface area (Å²) in [4.78, 5) is 12.1. The summed E-state index contributed by atoms with van der Waals surface area (Å²) in [6, 6.07) is 16.6. The highest BCUT2D eigenvalue weighted by molar-refractivity contribution is 5.75. The van der Waals surface area contributed by atoms with Gasteiger partial charge in [0, 0.05) is 6.42 Å². The Bertz CT molecular complexity index is 915. The number of carbonyl (C=O) groups excluding carboxylic acids is 1. The average molecular weight is 454 g/mol. The molecule has 0 radical (unpaired) electrons. The molecule has 0 bridgehead atoms. The van der Waals surface area contributed by atoms with E-state index in [0.29, 0.717) is 6.42 Å². The standard InChI is InChI=1S/C27H35NO5/c1-3-27(30)28-23-16-26-25(14-12-22(17-29)32-26)33-24(23)13-9-18-7-10-19(11-8-18)20-5-4-6-21(15-20)31-2/h4-8,10-11,15,22-26,29H,3,9,12-14,16-17H2,1-2H3,(H,28,30)/t22-,23-,24-,25+,26+/m1/s1. The number of aliphatic hydroxyl groups is 1. The Morgan fingerprint density at radius 1 is 1.09 bits per heavy atom. The molecule has 6 heteroatoms. The number of amides is 1. The second-order valence-electron chi connectivity index (χ2n) is 9.00. The largest absolute Gasteiger partial charge is 0.497 e. The maximum atomic E-state index is 12.1. The maximum Gasteiger partial charge on any atom is 0.220 e. The first kappa shape index (κ1) is 23.7. The molecule has 0 unspecified atom stereocenters. The highest BCUT2D eigenvalue weighted by Gasteiger charge is 2.42. The summed E-state index contributed by atoms with van der Waals surface area (Å²) in [6.45, 7) is 1.89. The number of methoxy groups -OCH3 is 1. The molecule has 2 aliphatic heterocycles. The van der Waals surface area contributed by atoms with Gasteiger partial charge < -0.3 is 24.6 Å². The Balaban J connectivity index is 1.40. The van der Waals surface area contributed by atoms with Crippen molar-refractivity contribution in [2.75, 3.05) is 13.7 Å². The predicted octanol–water partition coefficient (Wildman–Crippen LogP) is 3.89. The molecule has 2 fully saturated rings. The summed E-state index contributed by atoms with van der Waals surface area (Å²) in [7, 11) is 1.68. The normalized spacial score (nSPS) is 26.9. The Kier molecular flexibility index (Phi) is 8.02. The number of nitrogens with one attached hydrogen (secondary N) is 1. The number of hydrogen-bond donors (Lipinski definition) is 2. The summed E-state index contributed by atoms with van der Waals surface area (Å²) in [6.07, 6.45) is 4.36. The second-order valence-corrected chi connectivity index (χ2v) is 9.00. The van der Waals surface area contributed by atoms with E-state index < -0.39 is 0 Å². The Hall–Kier alpha value is -2.41. The molecule has 2 heterocycles. The van der Waals surface area contributed by atoms with E-state index in [2.05, 4.69) is 35.6 Å². The van der Waals surface area contributed by atoms with Crippen LogP contribution in [0.3, 0.4) is 0 Å². The number of ether oxygens (including phenoxy) is 3. The van der Waals surface area contributed by atoms with Gasteiger partial charge in [-0.3, -0.25) is 4.79 Å². The Morgan fingerprint density at radius 3 is 2.64 bits per heavy atom. The molecule has 2 saturated heterocycles. The fourth-order valence-corrected chi connectivity index (χ4v) is 4.86. The molecular weight excluding hydrogens is 418 g/mol. The minimum atomic E-state index is -0.128. The quantitative estimate of drug-likeness (QED) is 0.634. The molecule has 6 nitrogen and oxygen atoms in total. The van der Waals surface area contributed by atoms with Crippen molar-refractivity contribution >= 4 is 5.91 Å². The average Bonchev–Trinajstić information content (AvgIpc) is 2.87. The molecule has 0 saturated carbocycles. The van der Waals surface area contributed by atoms with Crippen LogP contribution in [0.1, 0.15) is 44.6 Å². The molecule has 2 N–H and O–H groups in total. The highest BCUT2D eigenvalue weighted by Crippen LogP contribution is 2.33. The van der Waals surface area contributed by atoms with Crippen LogP contribution in [0.15, 0.2) is 48.5 Å². The van der Waals surface area contributed by atoms with Gasteiger partial charge in [0.05, 0.1) is 44.2 Å². The number of aryl methyl sites for hydroxylation is 1. The van der Waals surface area contributed by atoms with E-state index in [1.165, 1.54) is 5.56 Å². The van der Waals surface area contributed by atoms with Crippen molar-refractivity contribution in [3.05, 3.63) is 54.1 Å². The number of hydrogen-bond acceptors (Lipinski definition) is 5. The summed E-state index contributed by atoms with van der Waals surface area (Å²) < 4.78 is 17.8. The molecule has 2 aliphatic rings. The smallest absolute Gasteiger partial charge is 0.220 e. The summed E-state index contributed by atoms with van der Waals surface area (Å²) >= 11 is 0. The van der Waals surface area contributed by atoms with Crippen LogP contribution >= 0.6 is 0 Å².